The molecule has 0 amide bonds. The monoisotopic (exact) mass is 286 g/mol. The van der Waals surface area contributed by atoms with Crippen molar-refractivity contribution in [3.8, 4) is 0 Å². The zero-order chi connectivity index (χ0) is 15.2. The van der Waals surface area contributed by atoms with Crippen LogP contribution >= 0.6 is 0 Å². The Bertz CT molecular complexity index is 594. The molecule has 0 fully saturated rings. The fraction of sp³-hybridized carbons (Fsp3) is 0.467. The number of nitrogens with one attached hydrogen (secondary N) is 2. The minimum atomic E-state index is 0.595. The van der Waals surface area contributed by atoms with Crippen molar-refractivity contribution in [2.24, 2.45) is 0 Å². The van der Waals surface area contributed by atoms with Crippen LogP contribution in [-0.4, -0.2) is 26.5 Å². The predicted molar refractivity (Wildman–Crippen MR) is 84.4 cm³/mol. The largest absolute Gasteiger partial charge is 0.370 e. The van der Waals surface area contributed by atoms with E-state index in [1.165, 1.54) is 0 Å². The highest BCUT2D eigenvalue weighted by molar-refractivity contribution is 5.57. The Kier molecular flexibility index (Phi) is 5.03. The fourth-order valence-corrected chi connectivity index (χ4v) is 1.90. The first kappa shape index (κ1) is 15.2. The highest BCUT2D eigenvalue weighted by Crippen LogP contribution is 2.20. The lowest BCUT2D eigenvalue weighted by Gasteiger charge is -2.13. The first-order valence-electron chi connectivity index (χ1n) is 7.20. The maximum absolute atomic E-state index is 4.46. The molecular weight excluding hydrogens is 264 g/mol. The van der Waals surface area contributed by atoms with Gasteiger partial charge in [-0.25, -0.2) is 9.97 Å². The molecule has 2 N–H and O–H groups in total. The summed E-state index contributed by atoms with van der Waals surface area (Å²) in [5, 5.41) is 6.64. The Morgan fingerprint density at radius 3 is 2.29 bits per heavy atom. The van der Waals surface area contributed by atoms with Crippen LogP contribution in [0.25, 0.3) is 0 Å². The number of hydrogen-bond acceptors (Lipinski definition) is 6. The van der Waals surface area contributed by atoms with Gasteiger partial charge in [-0.3, -0.25) is 9.97 Å². The number of aromatic nitrogens is 4. The molecule has 0 aliphatic carbocycles. The second-order valence-corrected chi connectivity index (χ2v) is 5.02. The lowest BCUT2D eigenvalue weighted by Crippen LogP contribution is -2.11. The van der Waals surface area contributed by atoms with E-state index in [1.54, 1.807) is 12.4 Å². The van der Waals surface area contributed by atoms with Crippen molar-refractivity contribution >= 4 is 11.6 Å². The molecule has 2 aromatic heterocycles. The Hall–Kier alpha value is -2.24. The van der Waals surface area contributed by atoms with E-state index < -0.39 is 0 Å². The van der Waals surface area contributed by atoms with Crippen LogP contribution in [0.3, 0.4) is 0 Å². The molecule has 0 spiro atoms. The Morgan fingerprint density at radius 2 is 1.67 bits per heavy atom. The van der Waals surface area contributed by atoms with Gasteiger partial charge in [0, 0.05) is 18.3 Å². The minimum absolute atomic E-state index is 0.595. The molecule has 2 aromatic rings. The molecule has 2 heterocycles. The van der Waals surface area contributed by atoms with E-state index in [2.05, 4.69) is 37.5 Å². The summed E-state index contributed by atoms with van der Waals surface area (Å²) in [4.78, 5) is 17.5. The number of hydrogen-bond donors (Lipinski definition) is 2. The van der Waals surface area contributed by atoms with Crippen molar-refractivity contribution in [1.82, 2.24) is 19.9 Å². The van der Waals surface area contributed by atoms with E-state index in [0.29, 0.717) is 6.54 Å². The van der Waals surface area contributed by atoms with Crippen LogP contribution in [0.15, 0.2) is 12.4 Å². The Morgan fingerprint density at radius 1 is 0.952 bits per heavy atom. The van der Waals surface area contributed by atoms with Crippen LogP contribution in [0.2, 0.25) is 0 Å². The van der Waals surface area contributed by atoms with Gasteiger partial charge in [-0.05, 0) is 27.2 Å². The average molecular weight is 286 g/mol. The standard InChI is InChI=1S/C15H22N6/c1-5-6-16-14-11(3)15(21-12(4)20-14)19-9-13-8-17-10(2)7-18-13/h7-8H,5-6,9H2,1-4H3,(H2,16,19,20,21). The van der Waals surface area contributed by atoms with Crippen molar-refractivity contribution in [3.05, 3.63) is 35.2 Å². The van der Waals surface area contributed by atoms with Gasteiger partial charge in [-0.15, -0.1) is 0 Å². The first-order valence-corrected chi connectivity index (χ1v) is 7.20. The van der Waals surface area contributed by atoms with Crippen molar-refractivity contribution in [1.29, 1.82) is 0 Å². The summed E-state index contributed by atoms with van der Waals surface area (Å²) in [5.41, 5.74) is 2.83. The van der Waals surface area contributed by atoms with Crippen LogP contribution in [0.1, 0.15) is 36.1 Å². The third-order valence-corrected chi connectivity index (χ3v) is 3.07. The summed E-state index contributed by atoms with van der Waals surface area (Å²) in [7, 11) is 0. The van der Waals surface area contributed by atoms with Crippen molar-refractivity contribution in [2.75, 3.05) is 17.2 Å². The molecule has 112 valence electrons. The summed E-state index contributed by atoms with van der Waals surface area (Å²) in [6, 6.07) is 0. The number of aryl methyl sites for hydroxylation is 2. The van der Waals surface area contributed by atoms with E-state index in [0.717, 1.165) is 47.4 Å². The lowest BCUT2D eigenvalue weighted by atomic mass is 10.3. The lowest BCUT2D eigenvalue weighted by molar-refractivity contribution is 0.933. The maximum Gasteiger partial charge on any atom is 0.135 e. The summed E-state index contributed by atoms with van der Waals surface area (Å²) in [5.74, 6) is 2.47. The van der Waals surface area contributed by atoms with E-state index in [4.69, 9.17) is 0 Å². The van der Waals surface area contributed by atoms with Gasteiger partial charge in [0.2, 0.25) is 0 Å². The fourth-order valence-electron chi connectivity index (χ4n) is 1.90. The molecule has 0 bridgehead atoms. The first-order chi connectivity index (χ1) is 10.1. The van der Waals surface area contributed by atoms with E-state index in [1.807, 2.05) is 20.8 Å². The second-order valence-electron chi connectivity index (χ2n) is 5.02. The van der Waals surface area contributed by atoms with Gasteiger partial charge in [-0.2, -0.15) is 0 Å². The summed E-state index contributed by atoms with van der Waals surface area (Å²) in [6.45, 7) is 9.46. The van der Waals surface area contributed by atoms with Crippen molar-refractivity contribution in [3.63, 3.8) is 0 Å². The molecule has 6 heteroatoms. The molecule has 0 atom stereocenters. The zero-order valence-corrected chi connectivity index (χ0v) is 13.1. The molecule has 0 unspecified atom stereocenters. The van der Waals surface area contributed by atoms with Crippen molar-refractivity contribution in [2.45, 2.75) is 40.7 Å². The van der Waals surface area contributed by atoms with Crippen LogP contribution < -0.4 is 10.6 Å². The quantitative estimate of drug-likeness (QED) is 0.850. The molecule has 0 radical (unpaired) electrons. The van der Waals surface area contributed by atoms with Gasteiger partial charge in [0.25, 0.3) is 0 Å². The smallest absolute Gasteiger partial charge is 0.135 e. The molecule has 0 aliphatic heterocycles. The summed E-state index contributed by atoms with van der Waals surface area (Å²) < 4.78 is 0. The van der Waals surface area contributed by atoms with Gasteiger partial charge in [0.1, 0.15) is 17.5 Å². The normalized spacial score (nSPS) is 10.5. The van der Waals surface area contributed by atoms with Gasteiger partial charge in [-0.1, -0.05) is 6.92 Å². The van der Waals surface area contributed by atoms with Crippen LogP contribution in [-0.2, 0) is 6.54 Å². The third kappa shape index (κ3) is 4.11. The van der Waals surface area contributed by atoms with Gasteiger partial charge in [0.15, 0.2) is 0 Å². The molecule has 0 saturated heterocycles. The second kappa shape index (κ2) is 6.97. The van der Waals surface area contributed by atoms with Crippen LogP contribution in [0.5, 0.6) is 0 Å². The molecule has 21 heavy (non-hydrogen) atoms. The summed E-state index contributed by atoms with van der Waals surface area (Å²) >= 11 is 0. The number of nitrogens with zero attached hydrogens (tertiary/aromatic N) is 4. The average Bonchev–Trinajstić information content (AvgIpc) is 2.48. The highest BCUT2D eigenvalue weighted by Gasteiger charge is 2.08. The van der Waals surface area contributed by atoms with E-state index >= 15 is 0 Å². The van der Waals surface area contributed by atoms with Gasteiger partial charge < -0.3 is 10.6 Å². The van der Waals surface area contributed by atoms with Gasteiger partial charge >= 0.3 is 0 Å². The SMILES string of the molecule is CCCNc1nc(C)nc(NCc2cnc(C)cn2)c1C. The minimum Gasteiger partial charge on any atom is -0.370 e. The molecular formula is C15H22N6. The van der Waals surface area contributed by atoms with Crippen LogP contribution in [0.4, 0.5) is 11.6 Å². The zero-order valence-electron chi connectivity index (χ0n) is 13.1. The predicted octanol–water partition coefficient (Wildman–Crippen LogP) is 2.63. The molecule has 0 aliphatic rings. The molecule has 0 saturated carbocycles. The number of rotatable bonds is 6. The van der Waals surface area contributed by atoms with E-state index in [-0.39, 0.29) is 0 Å². The van der Waals surface area contributed by atoms with Gasteiger partial charge in [0.05, 0.1) is 24.1 Å². The Balaban J connectivity index is 2.11. The maximum atomic E-state index is 4.46. The molecule has 0 aromatic carbocycles. The van der Waals surface area contributed by atoms with Crippen molar-refractivity contribution < 1.29 is 0 Å². The molecule has 2 rings (SSSR count). The number of anilines is 2. The summed E-state index contributed by atoms with van der Waals surface area (Å²) in [6.07, 6.45) is 4.61. The topological polar surface area (TPSA) is 75.6 Å². The third-order valence-electron chi connectivity index (χ3n) is 3.07. The Labute approximate surface area is 125 Å². The van der Waals surface area contributed by atoms with Crippen LogP contribution in [0, 0.1) is 20.8 Å². The highest BCUT2D eigenvalue weighted by atomic mass is 15.1. The van der Waals surface area contributed by atoms with E-state index in [9.17, 15) is 0 Å². The molecule has 6 nitrogen and oxygen atoms in total.